The van der Waals surface area contributed by atoms with E-state index in [1.54, 1.807) is 30.3 Å². The average molecular weight is 896 g/mol. The summed E-state index contributed by atoms with van der Waals surface area (Å²) < 4.78 is 39.2. The molecule has 1 aromatic rings. The normalized spacial score (nSPS) is 35.1. The van der Waals surface area contributed by atoms with E-state index in [1.807, 2.05) is 0 Å². The van der Waals surface area contributed by atoms with Gasteiger partial charge in [0.15, 0.2) is 18.6 Å². The van der Waals surface area contributed by atoms with E-state index in [1.165, 1.54) is 0 Å². The molecule has 1 aromatic carbocycles. The highest BCUT2D eigenvalue weighted by Crippen LogP contribution is 2.36. The number of alkyl carbamates (subject to hydrolysis) is 1. The summed E-state index contributed by atoms with van der Waals surface area (Å²) in [7, 11) is 0. The Morgan fingerprint density at radius 1 is 0.839 bits per heavy atom. The van der Waals surface area contributed by atoms with E-state index in [0.29, 0.717) is 5.56 Å². The summed E-state index contributed by atoms with van der Waals surface area (Å²) in [6.45, 7) is -2.26. The standard InChI is InChI=1S/C36H53N3O23/c1-14(42)37-22-18(44)8-36(34(53)54,62-30(22)24(46)19(45)9-40)58-13-21-26(48)29(61-33-28(50)27(49)25(47)20(10-41)59-33)23(38-15(2)43)32(60-21)56-12-17(31(51)52)39-35(55)57-11-16-6-4-3-5-7-16/h3-7,17-30,32-33,40-41,44-50H,8-13H2,1-2H3,(H,37,42)(H,38,43)(H,39,55)(H,51,52)(H,53,54)/t17-,18-,19+,20+,21+,22+,23+,24+,25-,26-,27-,28+,29+,30+,32-,33-,36+/m0/s1. The zero-order chi connectivity index (χ0) is 46.1. The topological polar surface area (TPSA) is 409 Å². The highest BCUT2D eigenvalue weighted by molar-refractivity contribution is 5.80. The van der Waals surface area contributed by atoms with Gasteiger partial charge in [0.25, 0.3) is 5.79 Å². The third-order valence-electron chi connectivity index (χ3n) is 10.1. The average Bonchev–Trinajstić information content (AvgIpc) is 3.22. The van der Waals surface area contributed by atoms with E-state index in [0.717, 1.165) is 13.8 Å². The minimum absolute atomic E-state index is 0.249. The molecule has 0 aromatic heterocycles. The molecule has 0 spiro atoms. The Hall–Kier alpha value is -4.23. The number of carbonyl (C=O) groups is 5. The molecule has 14 N–H and O–H groups in total. The minimum Gasteiger partial charge on any atom is -0.480 e. The second-order valence-electron chi connectivity index (χ2n) is 14.7. The van der Waals surface area contributed by atoms with Gasteiger partial charge in [0.05, 0.1) is 38.6 Å². The number of hydrogen-bond donors (Lipinski definition) is 14. The molecule has 3 amide bonds. The van der Waals surface area contributed by atoms with Crippen LogP contribution in [0, 0.1) is 0 Å². The monoisotopic (exact) mass is 895 g/mol. The molecule has 4 rings (SSSR count). The zero-order valence-corrected chi connectivity index (χ0v) is 33.2. The van der Waals surface area contributed by atoms with Crippen molar-refractivity contribution < 1.29 is 113 Å². The van der Waals surface area contributed by atoms with Gasteiger partial charge in [0.2, 0.25) is 11.8 Å². The molecule has 26 nitrogen and oxygen atoms in total. The van der Waals surface area contributed by atoms with Crippen LogP contribution in [-0.2, 0) is 58.9 Å². The van der Waals surface area contributed by atoms with Gasteiger partial charge in [0, 0.05) is 20.3 Å². The molecular weight excluding hydrogens is 842 g/mol. The van der Waals surface area contributed by atoms with Crippen molar-refractivity contribution in [1.29, 1.82) is 0 Å². The molecule has 350 valence electrons. The van der Waals surface area contributed by atoms with Gasteiger partial charge in [-0.05, 0) is 5.56 Å². The summed E-state index contributed by atoms with van der Waals surface area (Å²) in [5.41, 5.74) is 0.566. The Morgan fingerprint density at radius 2 is 1.47 bits per heavy atom. The second kappa shape index (κ2) is 22.4. The van der Waals surface area contributed by atoms with E-state index < -0.39 is 166 Å². The Balaban J connectivity index is 1.66. The number of rotatable bonds is 19. The number of nitrogens with one attached hydrogen (secondary N) is 3. The van der Waals surface area contributed by atoms with Crippen molar-refractivity contribution in [3.8, 4) is 0 Å². The van der Waals surface area contributed by atoms with Gasteiger partial charge in [-0.2, -0.15) is 0 Å². The Morgan fingerprint density at radius 3 is 2.05 bits per heavy atom. The maximum absolute atomic E-state index is 12.8. The first-order valence-corrected chi connectivity index (χ1v) is 19.1. The van der Waals surface area contributed by atoms with Crippen molar-refractivity contribution in [2.24, 2.45) is 0 Å². The third-order valence-corrected chi connectivity index (χ3v) is 10.1. The molecule has 0 aliphatic carbocycles. The molecule has 62 heavy (non-hydrogen) atoms. The van der Waals surface area contributed by atoms with Crippen LogP contribution in [0.2, 0.25) is 0 Å². The van der Waals surface area contributed by atoms with Gasteiger partial charge in [-0.25, -0.2) is 14.4 Å². The van der Waals surface area contributed by atoms with Crippen LogP contribution >= 0.6 is 0 Å². The van der Waals surface area contributed by atoms with Gasteiger partial charge < -0.3 is 105 Å². The summed E-state index contributed by atoms with van der Waals surface area (Å²) in [5, 5.41) is 121. The number of ether oxygens (including phenoxy) is 7. The van der Waals surface area contributed by atoms with Crippen LogP contribution in [0.15, 0.2) is 30.3 Å². The fourth-order valence-corrected chi connectivity index (χ4v) is 6.85. The van der Waals surface area contributed by atoms with Crippen molar-refractivity contribution in [2.75, 3.05) is 26.4 Å². The molecule has 0 bridgehead atoms. The largest absolute Gasteiger partial charge is 0.480 e. The van der Waals surface area contributed by atoms with Crippen LogP contribution in [0.3, 0.4) is 0 Å². The number of aliphatic hydroxyl groups excluding tert-OH is 9. The maximum atomic E-state index is 12.8. The molecule has 3 aliphatic rings. The first-order chi connectivity index (χ1) is 29.2. The van der Waals surface area contributed by atoms with Gasteiger partial charge >= 0.3 is 18.0 Å². The van der Waals surface area contributed by atoms with E-state index in [4.69, 9.17) is 33.2 Å². The first kappa shape index (κ1) is 50.4. The molecule has 3 heterocycles. The molecular formula is C36H53N3O23. The van der Waals surface area contributed by atoms with Gasteiger partial charge in [-0.15, -0.1) is 0 Å². The lowest BCUT2D eigenvalue weighted by Gasteiger charge is -2.49. The first-order valence-electron chi connectivity index (χ1n) is 19.1. The molecule has 0 saturated carbocycles. The van der Waals surface area contributed by atoms with E-state index in [9.17, 15) is 80.1 Å². The molecule has 0 unspecified atom stereocenters. The third kappa shape index (κ3) is 12.5. The van der Waals surface area contributed by atoms with E-state index in [-0.39, 0.29) is 6.61 Å². The summed E-state index contributed by atoms with van der Waals surface area (Å²) >= 11 is 0. The predicted octanol–water partition coefficient (Wildman–Crippen LogP) is -6.68. The van der Waals surface area contributed by atoms with Crippen molar-refractivity contribution >= 4 is 29.8 Å². The second-order valence-corrected chi connectivity index (χ2v) is 14.7. The van der Waals surface area contributed by atoms with Crippen LogP contribution in [0.25, 0.3) is 0 Å². The van der Waals surface area contributed by atoms with Gasteiger partial charge in [0.1, 0.15) is 73.7 Å². The van der Waals surface area contributed by atoms with Crippen molar-refractivity contribution in [1.82, 2.24) is 16.0 Å². The fourth-order valence-electron chi connectivity index (χ4n) is 6.85. The van der Waals surface area contributed by atoms with Crippen LogP contribution in [0.1, 0.15) is 25.8 Å². The Kier molecular flexibility index (Phi) is 18.2. The molecule has 3 saturated heterocycles. The summed E-state index contributed by atoms with van der Waals surface area (Å²) in [4.78, 5) is 62.1. The SMILES string of the molecule is CC(=O)N[C@H]1[C@@H](OC[C@H](NC(=O)OCc2ccccc2)C(=O)O)O[C@H](CO[C@]2(C(=O)O)C[C@H](O)[C@@H](NC(C)=O)[C@H]([C@H](O)[C@H](O)CO)O2)[C@H](O)[C@@H]1O[C@@H]1O[C@H](CO)[C@H](O)[C@H](O)[C@H]1O. The lowest BCUT2D eigenvalue weighted by atomic mass is 9.88. The Bertz CT molecular complexity index is 1660. The highest BCUT2D eigenvalue weighted by Gasteiger charge is 2.58. The number of benzene rings is 1. The molecule has 17 atom stereocenters. The number of carboxylic acids is 2. The maximum Gasteiger partial charge on any atom is 0.408 e. The van der Waals surface area contributed by atoms with Gasteiger partial charge in [-0.1, -0.05) is 30.3 Å². The van der Waals surface area contributed by atoms with Crippen molar-refractivity contribution in [2.45, 2.75) is 131 Å². The number of carboxylic acid groups (broad SMARTS) is 2. The van der Waals surface area contributed by atoms with Crippen LogP contribution < -0.4 is 16.0 Å². The van der Waals surface area contributed by atoms with Crippen LogP contribution in [0.5, 0.6) is 0 Å². The lowest BCUT2D eigenvalue weighted by Crippen LogP contribution is -2.70. The lowest BCUT2D eigenvalue weighted by molar-refractivity contribution is -0.354. The quantitative estimate of drug-likeness (QED) is 0.0614. The van der Waals surface area contributed by atoms with Crippen molar-refractivity contribution in [3.05, 3.63) is 35.9 Å². The number of hydrogen-bond acceptors (Lipinski definition) is 21. The fraction of sp³-hybridized carbons (Fsp3) is 0.694. The molecule has 3 aliphatic heterocycles. The zero-order valence-electron chi connectivity index (χ0n) is 33.2. The number of aliphatic hydroxyl groups is 9. The summed E-state index contributed by atoms with van der Waals surface area (Å²) in [6.07, 6.45) is -27.5. The van der Waals surface area contributed by atoms with Crippen LogP contribution in [0.4, 0.5) is 4.79 Å². The minimum atomic E-state index is -2.98. The van der Waals surface area contributed by atoms with E-state index in [2.05, 4.69) is 16.0 Å². The Labute approximate surface area is 351 Å². The van der Waals surface area contributed by atoms with Crippen LogP contribution in [-0.4, -0.2) is 216 Å². The molecule has 26 heteroatoms. The smallest absolute Gasteiger partial charge is 0.408 e. The van der Waals surface area contributed by atoms with Gasteiger partial charge in [-0.3, -0.25) is 9.59 Å². The predicted molar refractivity (Wildman–Crippen MR) is 197 cm³/mol. The number of aliphatic carboxylic acids is 2. The highest BCUT2D eigenvalue weighted by atomic mass is 16.8. The van der Waals surface area contributed by atoms with E-state index >= 15 is 0 Å². The summed E-state index contributed by atoms with van der Waals surface area (Å²) in [6, 6.07) is 3.16. The number of carbonyl (C=O) groups excluding carboxylic acids is 3. The van der Waals surface area contributed by atoms with Crippen molar-refractivity contribution in [3.63, 3.8) is 0 Å². The molecule has 0 radical (unpaired) electrons. The summed E-state index contributed by atoms with van der Waals surface area (Å²) in [5.74, 6) is -8.20. The molecule has 3 fully saturated rings. The number of amides is 3.